The third-order valence-electron chi connectivity index (χ3n) is 3.14. The summed E-state index contributed by atoms with van der Waals surface area (Å²) in [7, 11) is 0. The first-order valence-corrected chi connectivity index (χ1v) is 8.45. The summed E-state index contributed by atoms with van der Waals surface area (Å²) in [4.78, 5) is 0. The molecule has 0 saturated carbocycles. The highest BCUT2D eigenvalue weighted by Gasteiger charge is 2.14. The molecule has 0 saturated heterocycles. The number of halogens is 2. The Balaban J connectivity index is 2.71. The normalized spacial score (nSPS) is 11.7. The average Bonchev–Trinajstić information content (AvgIpc) is 2.37. The first-order valence-electron chi connectivity index (χ1n) is 7.69. The van der Waals surface area contributed by atoms with E-state index in [2.05, 4.69) is 33.0 Å². The molecule has 1 rings (SSSR count). The third-order valence-corrected chi connectivity index (χ3v) is 3.64. The predicted octanol–water partition coefficient (Wildman–Crippen LogP) is 5.84. The summed E-state index contributed by atoms with van der Waals surface area (Å²) in [5.41, 5.74) is 1.05. The van der Waals surface area contributed by atoms with E-state index in [1.54, 1.807) is 6.07 Å². The van der Waals surface area contributed by atoms with Gasteiger partial charge in [0.2, 0.25) is 0 Å². The Labute approximate surface area is 139 Å². The maximum atomic E-state index is 6.29. The first-order chi connectivity index (χ1) is 9.83. The number of benzene rings is 1. The SMILES string of the molecule is CCCCCCOc1c(Cl)cc(Cl)cc1CNC(C)(C)C. The van der Waals surface area contributed by atoms with Gasteiger partial charge in [0, 0.05) is 22.7 Å². The highest BCUT2D eigenvalue weighted by molar-refractivity contribution is 6.35. The molecule has 0 unspecified atom stereocenters. The second kappa shape index (κ2) is 8.87. The molecule has 0 radical (unpaired) electrons. The van der Waals surface area contributed by atoms with E-state index in [-0.39, 0.29) is 5.54 Å². The Kier molecular flexibility index (Phi) is 7.86. The number of rotatable bonds is 8. The van der Waals surface area contributed by atoms with Gasteiger partial charge in [-0.1, -0.05) is 49.4 Å². The van der Waals surface area contributed by atoms with Crippen LogP contribution in [-0.4, -0.2) is 12.1 Å². The van der Waals surface area contributed by atoms with Gasteiger partial charge < -0.3 is 10.1 Å². The summed E-state index contributed by atoms with van der Waals surface area (Å²) in [5.74, 6) is 0.759. The molecule has 4 heteroatoms. The Morgan fingerprint density at radius 1 is 1.10 bits per heavy atom. The fraction of sp³-hybridized carbons (Fsp3) is 0.647. The molecule has 0 heterocycles. The van der Waals surface area contributed by atoms with Crippen molar-refractivity contribution in [1.29, 1.82) is 0 Å². The minimum Gasteiger partial charge on any atom is -0.492 e. The number of ether oxygens (including phenoxy) is 1. The molecule has 0 bridgehead atoms. The average molecular weight is 332 g/mol. The van der Waals surface area contributed by atoms with Crippen LogP contribution in [0.4, 0.5) is 0 Å². The number of nitrogens with one attached hydrogen (secondary N) is 1. The zero-order valence-electron chi connectivity index (χ0n) is 13.6. The van der Waals surface area contributed by atoms with Crippen molar-refractivity contribution in [1.82, 2.24) is 5.32 Å². The molecule has 0 aliphatic rings. The Hall–Kier alpha value is -0.440. The van der Waals surface area contributed by atoms with Crippen molar-refractivity contribution >= 4 is 23.2 Å². The molecule has 0 aliphatic carbocycles. The van der Waals surface area contributed by atoms with E-state index < -0.39 is 0 Å². The van der Waals surface area contributed by atoms with E-state index in [4.69, 9.17) is 27.9 Å². The van der Waals surface area contributed by atoms with Crippen LogP contribution in [-0.2, 0) is 6.54 Å². The van der Waals surface area contributed by atoms with Crippen molar-refractivity contribution in [2.45, 2.75) is 65.5 Å². The molecule has 0 fully saturated rings. The third kappa shape index (κ3) is 7.39. The molecule has 2 nitrogen and oxygen atoms in total. The largest absolute Gasteiger partial charge is 0.492 e. The molecular weight excluding hydrogens is 305 g/mol. The van der Waals surface area contributed by atoms with Crippen molar-refractivity contribution in [3.8, 4) is 5.75 Å². The molecule has 0 amide bonds. The smallest absolute Gasteiger partial charge is 0.142 e. The molecule has 0 aromatic heterocycles. The number of unbranched alkanes of at least 4 members (excludes halogenated alkanes) is 3. The van der Waals surface area contributed by atoms with Crippen LogP contribution in [0.3, 0.4) is 0 Å². The second-order valence-corrected chi connectivity index (χ2v) is 7.23. The van der Waals surface area contributed by atoms with Crippen molar-refractivity contribution in [2.75, 3.05) is 6.61 Å². The van der Waals surface area contributed by atoms with Crippen molar-refractivity contribution in [3.63, 3.8) is 0 Å². The first kappa shape index (κ1) is 18.6. The van der Waals surface area contributed by atoms with E-state index in [1.165, 1.54) is 19.3 Å². The molecule has 0 aliphatic heterocycles. The van der Waals surface area contributed by atoms with E-state index >= 15 is 0 Å². The molecule has 0 spiro atoms. The van der Waals surface area contributed by atoms with Gasteiger partial charge in [0.1, 0.15) is 5.75 Å². The van der Waals surface area contributed by atoms with Gasteiger partial charge in [0.05, 0.1) is 11.6 Å². The fourth-order valence-electron chi connectivity index (χ4n) is 1.97. The van der Waals surface area contributed by atoms with Gasteiger partial charge in [-0.2, -0.15) is 0 Å². The fourth-order valence-corrected chi connectivity index (χ4v) is 2.56. The summed E-state index contributed by atoms with van der Waals surface area (Å²) in [6, 6.07) is 3.67. The molecule has 0 atom stereocenters. The highest BCUT2D eigenvalue weighted by atomic mass is 35.5. The van der Waals surface area contributed by atoms with Gasteiger partial charge in [-0.25, -0.2) is 0 Å². The summed E-state index contributed by atoms with van der Waals surface area (Å²) in [6.07, 6.45) is 4.72. The minimum absolute atomic E-state index is 0.0349. The van der Waals surface area contributed by atoms with Gasteiger partial charge in [-0.3, -0.25) is 0 Å². The monoisotopic (exact) mass is 331 g/mol. The molecule has 120 valence electrons. The van der Waals surface area contributed by atoms with Crippen LogP contribution in [0, 0.1) is 0 Å². The molecule has 1 aromatic rings. The van der Waals surface area contributed by atoms with Crippen LogP contribution in [0.2, 0.25) is 10.0 Å². The zero-order chi connectivity index (χ0) is 15.9. The maximum absolute atomic E-state index is 6.29. The number of hydrogen-bond acceptors (Lipinski definition) is 2. The van der Waals surface area contributed by atoms with Gasteiger partial charge in [-0.15, -0.1) is 0 Å². The second-order valence-electron chi connectivity index (χ2n) is 6.39. The Morgan fingerprint density at radius 2 is 1.81 bits per heavy atom. The lowest BCUT2D eigenvalue weighted by molar-refractivity contribution is 0.300. The lowest BCUT2D eigenvalue weighted by atomic mass is 10.1. The van der Waals surface area contributed by atoms with Gasteiger partial charge in [-0.05, 0) is 39.3 Å². The predicted molar refractivity (Wildman–Crippen MR) is 92.7 cm³/mol. The van der Waals surface area contributed by atoms with E-state index in [0.29, 0.717) is 23.2 Å². The van der Waals surface area contributed by atoms with Crippen LogP contribution < -0.4 is 10.1 Å². The Morgan fingerprint density at radius 3 is 2.43 bits per heavy atom. The Bertz CT molecular complexity index is 441. The molecule has 1 N–H and O–H groups in total. The van der Waals surface area contributed by atoms with Gasteiger partial charge in [0.15, 0.2) is 0 Å². The maximum Gasteiger partial charge on any atom is 0.142 e. The van der Waals surface area contributed by atoms with Gasteiger partial charge >= 0.3 is 0 Å². The standard InChI is InChI=1S/C17H27Cl2NO/c1-5-6-7-8-9-21-16-13(12-20-17(2,3)4)10-14(18)11-15(16)19/h10-11,20H,5-9,12H2,1-4H3. The van der Waals surface area contributed by atoms with Crippen LogP contribution in [0.25, 0.3) is 0 Å². The minimum atomic E-state index is 0.0349. The summed E-state index contributed by atoms with van der Waals surface area (Å²) < 4.78 is 5.90. The van der Waals surface area contributed by atoms with Crippen molar-refractivity contribution in [3.05, 3.63) is 27.7 Å². The topological polar surface area (TPSA) is 21.3 Å². The number of hydrogen-bond donors (Lipinski definition) is 1. The van der Waals surface area contributed by atoms with Gasteiger partial charge in [0.25, 0.3) is 0 Å². The van der Waals surface area contributed by atoms with Crippen LogP contribution in [0.5, 0.6) is 5.75 Å². The quantitative estimate of drug-likeness (QED) is 0.604. The molecular formula is C17H27Cl2NO. The van der Waals surface area contributed by atoms with E-state index in [1.807, 2.05) is 6.07 Å². The summed E-state index contributed by atoms with van der Waals surface area (Å²) >= 11 is 12.4. The summed E-state index contributed by atoms with van der Waals surface area (Å²) in [5, 5.41) is 4.68. The van der Waals surface area contributed by atoms with Crippen LogP contribution in [0.1, 0.15) is 58.9 Å². The van der Waals surface area contributed by atoms with Crippen molar-refractivity contribution in [2.24, 2.45) is 0 Å². The van der Waals surface area contributed by atoms with Crippen LogP contribution in [0.15, 0.2) is 12.1 Å². The molecule has 21 heavy (non-hydrogen) atoms. The van der Waals surface area contributed by atoms with Crippen molar-refractivity contribution < 1.29 is 4.74 Å². The molecule has 1 aromatic carbocycles. The lowest BCUT2D eigenvalue weighted by Gasteiger charge is -2.22. The highest BCUT2D eigenvalue weighted by Crippen LogP contribution is 2.33. The zero-order valence-corrected chi connectivity index (χ0v) is 15.1. The lowest BCUT2D eigenvalue weighted by Crippen LogP contribution is -2.35. The van der Waals surface area contributed by atoms with E-state index in [9.17, 15) is 0 Å². The van der Waals surface area contributed by atoms with E-state index in [0.717, 1.165) is 17.7 Å². The summed E-state index contributed by atoms with van der Waals surface area (Å²) in [6.45, 7) is 9.98. The van der Waals surface area contributed by atoms with Crippen LogP contribution >= 0.6 is 23.2 Å².